The van der Waals surface area contributed by atoms with Crippen LogP contribution in [0.4, 0.5) is 0 Å². The number of hydrogen-bond donors (Lipinski definition) is 4. The van der Waals surface area contributed by atoms with Crippen LogP contribution in [0.25, 0.3) is 0 Å². The molecule has 6 heteroatoms. The zero-order chi connectivity index (χ0) is 16.4. The molecule has 1 aliphatic heterocycles. The minimum Gasteiger partial charge on any atom is -0.464 e. The van der Waals surface area contributed by atoms with Crippen LogP contribution >= 0.6 is 0 Å². The highest BCUT2D eigenvalue weighted by molar-refractivity contribution is 5.95. The largest absolute Gasteiger partial charge is 0.464 e. The first-order valence-electron chi connectivity index (χ1n) is 7.58. The first-order chi connectivity index (χ1) is 11.1. The molecule has 1 aromatic heterocycles. The van der Waals surface area contributed by atoms with E-state index in [4.69, 9.17) is 4.42 Å². The molecule has 122 valence electrons. The van der Waals surface area contributed by atoms with Crippen molar-refractivity contribution in [3.63, 3.8) is 0 Å². The number of benzene rings is 1. The van der Waals surface area contributed by atoms with Gasteiger partial charge in [0.05, 0.1) is 17.7 Å². The highest BCUT2D eigenvalue weighted by Crippen LogP contribution is 2.27. The lowest BCUT2D eigenvalue weighted by atomic mass is 10.1. The van der Waals surface area contributed by atoms with Gasteiger partial charge in [-0.1, -0.05) is 30.3 Å². The second-order valence-corrected chi connectivity index (χ2v) is 5.73. The summed E-state index contributed by atoms with van der Waals surface area (Å²) in [5, 5.41) is 25.4. The molecule has 4 N–H and O–H groups in total. The third kappa shape index (κ3) is 3.29. The molecule has 3 rings (SSSR count). The van der Waals surface area contributed by atoms with Crippen LogP contribution in [-0.2, 0) is 6.54 Å². The number of aryl methyl sites for hydroxylation is 1. The molecule has 1 aliphatic rings. The maximum atomic E-state index is 12.3. The molecule has 23 heavy (non-hydrogen) atoms. The van der Waals surface area contributed by atoms with Crippen molar-refractivity contribution in [1.29, 1.82) is 0 Å². The van der Waals surface area contributed by atoms with Gasteiger partial charge in [-0.05, 0) is 18.6 Å². The van der Waals surface area contributed by atoms with E-state index in [1.54, 1.807) is 13.0 Å². The molecule has 0 aliphatic carbocycles. The Labute approximate surface area is 134 Å². The highest BCUT2D eigenvalue weighted by atomic mass is 16.4. The number of furan rings is 1. The fourth-order valence-electron chi connectivity index (χ4n) is 2.74. The van der Waals surface area contributed by atoms with Crippen LogP contribution in [0.5, 0.6) is 0 Å². The lowest BCUT2D eigenvalue weighted by molar-refractivity contribution is 0.0368. The standard InChI is InChI=1S/C17H20N2O4/c1-10-12(17(22)19-8-11-5-3-2-4-6-11)7-14(23-10)15-16(21)13(20)9-18-15/h2-7,13,15-16,18,20-21H,8-9H2,1H3,(H,19,22)/t13-,15-,16-/m1/s1. The molecule has 2 heterocycles. The normalized spacial score (nSPS) is 23.9. The van der Waals surface area contributed by atoms with Crippen LogP contribution in [0, 0.1) is 6.92 Å². The molecule has 1 aromatic carbocycles. The minimum atomic E-state index is -0.944. The van der Waals surface area contributed by atoms with Crippen LogP contribution in [0.3, 0.4) is 0 Å². The number of rotatable bonds is 4. The maximum Gasteiger partial charge on any atom is 0.255 e. The molecule has 0 saturated carbocycles. The Morgan fingerprint density at radius 2 is 2.09 bits per heavy atom. The molecular formula is C17H20N2O4. The monoisotopic (exact) mass is 316 g/mol. The average Bonchev–Trinajstić information content (AvgIpc) is 3.09. The zero-order valence-electron chi connectivity index (χ0n) is 12.8. The van der Waals surface area contributed by atoms with Gasteiger partial charge in [0.2, 0.25) is 0 Å². The fourth-order valence-corrected chi connectivity index (χ4v) is 2.74. The van der Waals surface area contributed by atoms with Crippen molar-refractivity contribution in [2.75, 3.05) is 6.54 Å². The van der Waals surface area contributed by atoms with E-state index >= 15 is 0 Å². The van der Waals surface area contributed by atoms with Crippen molar-refractivity contribution >= 4 is 5.91 Å². The number of aliphatic hydroxyl groups excluding tert-OH is 2. The highest BCUT2D eigenvalue weighted by Gasteiger charge is 2.36. The number of carbonyl (C=O) groups is 1. The van der Waals surface area contributed by atoms with Crippen LogP contribution in [0.2, 0.25) is 0 Å². The molecule has 0 bridgehead atoms. The first-order valence-corrected chi connectivity index (χ1v) is 7.58. The van der Waals surface area contributed by atoms with Crippen molar-refractivity contribution in [3.8, 4) is 0 Å². The predicted molar refractivity (Wildman–Crippen MR) is 83.8 cm³/mol. The second kappa shape index (κ2) is 6.54. The van der Waals surface area contributed by atoms with Crippen molar-refractivity contribution in [3.05, 3.63) is 59.0 Å². The topological polar surface area (TPSA) is 94.7 Å². The summed E-state index contributed by atoms with van der Waals surface area (Å²) in [5.74, 6) is 0.715. The van der Waals surface area contributed by atoms with E-state index in [9.17, 15) is 15.0 Å². The summed E-state index contributed by atoms with van der Waals surface area (Å²) in [7, 11) is 0. The number of nitrogens with one attached hydrogen (secondary N) is 2. The molecule has 0 spiro atoms. The van der Waals surface area contributed by atoms with Crippen molar-refractivity contribution in [1.82, 2.24) is 10.6 Å². The fraction of sp³-hybridized carbons (Fsp3) is 0.353. The van der Waals surface area contributed by atoms with Gasteiger partial charge in [-0.3, -0.25) is 4.79 Å². The zero-order valence-corrected chi connectivity index (χ0v) is 12.8. The number of amides is 1. The predicted octanol–water partition coefficient (Wildman–Crippen LogP) is 0.884. The summed E-state index contributed by atoms with van der Waals surface area (Å²) in [6, 6.07) is 10.8. The van der Waals surface area contributed by atoms with Crippen molar-refractivity contribution in [2.24, 2.45) is 0 Å². The summed E-state index contributed by atoms with van der Waals surface area (Å²) < 4.78 is 5.60. The number of carbonyl (C=O) groups excluding carboxylic acids is 1. The smallest absolute Gasteiger partial charge is 0.255 e. The van der Waals surface area contributed by atoms with Gasteiger partial charge in [0.1, 0.15) is 17.6 Å². The van der Waals surface area contributed by atoms with Gasteiger partial charge in [0, 0.05) is 13.1 Å². The van der Waals surface area contributed by atoms with E-state index < -0.39 is 18.2 Å². The Hall–Kier alpha value is -2.15. The van der Waals surface area contributed by atoms with E-state index in [2.05, 4.69) is 10.6 Å². The summed E-state index contributed by atoms with van der Waals surface area (Å²) in [6.07, 6.45) is -1.78. The number of hydrogen-bond acceptors (Lipinski definition) is 5. The maximum absolute atomic E-state index is 12.3. The van der Waals surface area contributed by atoms with E-state index in [0.717, 1.165) is 5.56 Å². The number of β-amino-alcohol motifs (C(OH)–C–C–N with tert-alkyl or cyclic N) is 1. The summed E-state index contributed by atoms with van der Waals surface area (Å²) >= 11 is 0. The molecule has 0 unspecified atom stereocenters. The third-order valence-electron chi connectivity index (χ3n) is 4.07. The molecule has 3 atom stereocenters. The number of aliphatic hydroxyl groups is 2. The lowest BCUT2D eigenvalue weighted by Gasteiger charge is -2.12. The SMILES string of the molecule is Cc1oc([C@H]2NC[C@@H](O)[C@H]2O)cc1C(=O)NCc1ccccc1. The van der Waals surface area contributed by atoms with E-state index in [1.165, 1.54) is 0 Å². The van der Waals surface area contributed by atoms with Gasteiger partial charge >= 0.3 is 0 Å². The Morgan fingerprint density at radius 3 is 2.74 bits per heavy atom. The van der Waals surface area contributed by atoms with Gasteiger partial charge in [-0.15, -0.1) is 0 Å². The van der Waals surface area contributed by atoms with E-state index in [0.29, 0.717) is 30.2 Å². The molecule has 1 amide bonds. The van der Waals surface area contributed by atoms with E-state index in [1.807, 2.05) is 30.3 Å². The quantitative estimate of drug-likeness (QED) is 0.672. The molecule has 2 aromatic rings. The minimum absolute atomic E-state index is 0.227. The van der Waals surface area contributed by atoms with Crippen LogP contribution in [0.15, 0.2) is 40.8 Å². The van der Waals surface area contributed by atoms with Gasteiger partial charge in [0.25, 0.3) is 5.91 Å². The molecule has 0 radical (unpaired) electrons. The average molecular weight is 316 g/mol. The molecular weight excluding hydrogens is 296 g/mol. The molecule has 6 nitrogen and oxygen atoms in total. The van der Waals surface area contributed by atoms with Crippen molar-refractivity contribution < 1.29 is 19.4 Å². The summed E-state index contributed by atoms with van der Waals surface area (Å²) in [6.45, 7) is 2.43. The van der Waals surface area contributed by atoms with Crippen LogP contribution in [-0.4, -0.2) is 34.9 Å². The lowest BCUT2D eigenvalue weighted by Crippen LogP contribution is -2.25. The van der Waals surface area contributed by atoms with Gasteiger partial charge < -0.3 is 25.3 Å². The van der Waals surface area contributed by atoms with Gasteiger partial charge in [-0.2, -0.15) is 0 Å². The van der Waals surface area contributed by atoms with Crippen LogP contribution < -0.4 is 10.6 Å². The van der Waals surface area contributed by atoms with Gasteiger partial charge in [0.15, 0.2) is 0 Å². The second-order valence-electron chi connectivity index (χ2n) is 5.73. The Bertz CT molecular complexity index is 683. The Balaban J connectivity index is 1.69. The van der Waals surface area contributed by atoms with Gasteiger partial charge in [-0.25, -0.2) is 0 Å². The third-order valence-corrected chi connectivity index (χ3v) is 4.07. The Kier molecular flexibility index (Phi) is 4.47. The van der Waals surface area contributed by atoms with E-state index in [-0.39, 0.29) is 5.91 Å². The van der Waals surface area contributed by atoms with Crippen molar-refractivity contribution in [2.45, 2.75) is 31.7 Å². The Morgan fingerprint density at radius 1 is 1.35 bits per heavy atom. The molecule has 1 saturated heterocycles. The molecule has 1 fully saturated rings. The summed E-state index contributed by atoms with van der Waals surface area (Å²) in [4.78, 5) is 12.3. The summed E-state index contributed by atoms with van der Waals surface area (Å²) in [5.41, 5.74) is 1.45. The van der Waals surface area contributed by atoms with Crippen LogP contribution in [0.1, 0.15) is 33.5 Å². The first kappa shape index (κ1) is 15.7.